The predicted octanol–water partition coefficient (Wildman–Crippen LogP) is 4.67. The van der Waals surface area contributed by atoms with E-state index in [1.165, 1.54) is 70.9 Å². The molecule has 114 valence electrons. The molecule has 2 saturated carbocycles. The summed E-state index contributed by atoms with van der Waals surface area (Å²) in [6, 6.07) is 2.10. The highest BCUT2D eigenvalue weighted by Crippen LogP contribution is 2.45. The predicted molar refractivity (Wildman–Crippen MR) is 88.7 cm³/mol. The molecule has 1 aromatic heterocycles. The van der Waals surface area contributed by atoms with Gasteiger partial charge in [0, 0.05) is 25.1 Å². The zero-order valence-corrected chi connectivity index (χ0v) is 14.2. The van der Waals surface area contributed by atoms with Gasteiger partial charge in [-0.25, -0.2) is 9.97 Å². The first kappa shape index (κ1) is 14.0. The number of halogens is 1. The van der Waals surface area contributed by atoms with Crippen LogP contribution < -0.4 is 4.90 Å². The number of hydrogen-bond donors (Lipinski definition) is 0. The Morgan fingerprint density at radius 3 is 2.38 bits per heavy atom. The van der Waals surface area contributed by atoms with Crippen molar-refractivity contribution in [1.29, 1.82) is 0 Å². The van der Waals surface area contributed by atoms with Gasteiger partial charge < -0.3 is 4.90 Å². The van der Waals surface area contributed by atoms with Gasteiger partial charge in [-0.15, -0.1) is 0 Å². The van der Waals surface area contributed by atoms with Crippen LogP contribution in [0.15, 0.2) is 10.7 Å². The van der Waals surface area contributed by atoms with Crippen LogP contribution in [0.2, 0.25) is 0 Å². The van der Waals surface area contributed by atoms with Crippen LogP contribution in [0.4, 0.5) is 5.82 Å². The lowest BCUT2D eigenvalue weighted by molar-refractivity contribution is 0.144. The molecule has 0 amide bonds. The lowest BCUT2D eigenvalue weighted by Crippen LogP contribution is -2.41. The standard InChI is InChI=1S/C17H24BrN3/c18-14-12-15(20-16(19-14)13-4-5-13)21-10-8-17(9-11-21)6-2-1-3-7-17/h12-13H,1-11H2. The van der Waals surface area contributed by atoms with Crippen molar-refractivity contribution in [2.75, 3.05) is 18.0 Å². The molecule has 0 N–H and O–H groups in total. The summed E-state index contributed by atoms with van der Waals surface area (Å²) in [7, 11) is 0. The summed E-state index contributed by atoms with van der Waals surface area (Å²) < 4.78 is 0.951. The molecule has 0 atom stereocenters. The summed E-state index contributed by atoms with van der Waals surface area (Å²) in [5, 5.41) is 0. The zero-order valence-electron chi connectivity index (χ0n) is 12.7. The molecule has 0 bridgehead atoms. The van der Waals surface area contributed by atoms with E-state index in [1.807, 2.05) is 0 Å². The Morgan fingerprint density at radius 1 is 1.00 bits per heavy atom. The van der Waals surface area contributed by atoms with Gasteiger partial charge in [-0.2, -0.15) is 0 Å². The van der Waals surface area contributed by atoms with Crippen LogP contribution in [0, 0.1) is 5.41 Å². The van der Waals surface area contributed by atoms with Crippen molar-refractivity contribution in [3.8, 4) is 0 Å². The highest BCUT2D eigenvalue weighted by Gasteiger charge is 2.36. The third kappa shape index (κ3) is 2.96. The summed E-state index contributed by atoms with van der Waals surface area (Å²) in [6.07, 6.45) is 12.5. The van der Waals surface area contributed by atoms with Gasteiger partial charge in [0.2, 0.25) is 0 Å². The number of rotatable bonds is 2. The van der Waals surface area contributed by atoms with E-state index in [-0.39, 0.29) is 0 Å². The molecule has 2 aliphatic carbocycles. The molecular weight excluding hydrogens is 326 g/mol. The number of aromatic nitrogens is 2. The molecule has 21 heavy (non-hydrogen) atoms. The first-order valence-corrected chi connectivity index (χ1v) is 9.33. The molecule has 1 saturated heterocycles. The SMILES string of the molecule is Brc1cc(N2CCC3(CCCCC3)CC2)nc(C2CC2)n1. The summed E-state index contributed by atoms with van der Waals surface area (Å²) in [4.78, 5) is 11.9. The summed E-state index contributed by atoms with van der Waals surface area (Å²) in [5.74, 6) is 2.82. The van der Waals surface area contributed by atoms with Gasteiger partial charge in [-0.3, -0.25) is 0 Å². The monoisotopic (exact) mass is 349 g/mol. The van der Waals surface area contributed by atoms with Gasteiger partial charge in [0.1, 0.15) is 16.2 Å². The molecular formula is C17H24BrN3. The third-order valence-electron chi connectivity index (χ3n) is 5.70. The van der Waals surface area contributed by atoms with Crippen LogP contribution in [0.25, 0.3) is 0 Å². The average Bonchev–Trinajstić information content (AvgIpc) is 3.33. The van der Waals surface area contributed by atoms with Crippen LogP contribution in [0.3, 0.4) is 0 Å². The topological polar surface area (TPSA) is 29.0 Å². The molecule has 0 unspecified atom stereocenters. The Kier molecular flexibility index (Phi) is 3.68. The number of hydrogen-bond acceptors (Lipinski definition) is 3. The second kappa shape index (κ2) is 5.53. The van der Waals surface area contributed by atoms with E-state index in [4.69, 9.17) is 4.98 Å². The summed E-state index contributed by atoms with van der Waals surface area (Å²) in [5.41, 5.74) is 0.665. The van der Waals surface area contributed by atoms with Crippen molar-refractivity contribution >= 4 is 21.7 Å². The van der Waals surface area contributed by atoms with E-state index in [2.05, 4.69) is 31.9 Å². The van der Waals surface area contributed by atoms with Crippen molar-refractivity contribution in [2.45, 2.75) is 63.7 Å². The van der Waals surface area contributed by atoms with E-state index in [1.54, 1.807) is 0 Å². The van der Waals surface area contributed by atoms with Crippen molar-refractivity contribution < 1.29 is 0 Å². The maximum atomic E-state index is 4.84. The van der Waals surface area contributed by atoms with E-state index in [0.29, 0.717) is 11.3 Å². The fraction of sp³-hybridized carbons (Fsp3) is 0.765. The zero-order chi connectivity index (χ0) is 14.3. The lowest BCUT2D eigenvalue weighted by Gasteiger charge is -2.44. The lowest BCUT2D eigenvalue weighted by atomic mass is 9.68. The van der Waals surface area contributed by atoms with Crippen molar-refractivity contribution in [3.05, 3.63) is 16.5 Å². The van der Waals surface area contributed by atoms with Crippen molar-refractivity contribution in [1.82, 2.24) is 9.97 Å². The highest BCUT2D eigenvalue weighted by molar-refractivity contribution is 9.10. The Bertz CT molecular complexity index is 511. The van der Waals surface area contributed by atoms with Gasteiger partial charge in [0.15, 0.2) is 0 Å². The van der Waals surface area contributed by atoms with Crippen LogP contribution in [0.1, 0.15) is 69.5 Å². The Hall–Kier alpha value is -0.640. The van der Waals surface area contributed by atoms with Crippen LogP contribution in [-0.4, -0.2) is 23.1 Å². The quantitative estimate of drug-likeness (QED) is 0.726. The molecule has 0 radical (unpaired) electrons. The Balaban J connectivity index is 1.48. The van der Waals surface area contributed by atoms with Gasteiger partial charge in [0.25, 0.3) is 0 Å². The second-order valence-electron chi connectivity index (χ2n) is 7.23. The van der Waals surface area contributed by atoms with Gasteiger partial charge >= 0.3 is 0 Å². The first-order chi connectivity index (χ1) is 10.2. The second-order valence-corrected chi connectivity index (χ2v) is 8.04. The minimum atomic E-state index is 0.621. The smallest absolute Gasteiger partial charge is 0.135 e. The van der Waals surface area contributed by atoms with Crippen molar-refractivity contribution in [2.24, 2.45) is 5.41 Å². The highest BCUT2D eigenvalue weighted by atomic mass is 79.9. The van der Waals surface area contributed by atoms with Gasteiger partial charge in [-0.1, -0.05) is 19.3 Å². The minimum Gasteiger partial charge on any atom is -0.356 e. The fourth-order valence-corrected chi connectivity index (χ4v) is 4.51. The number of piperidine rings is 1. The average molecular weight is 350 g/mol. The van der Waals surface area contributed by atoms with Crippen LogP contribution >= 0.6 is 15.9 Å². The molecule has 3 fully saturated rings. The Labute approximate surface area is 135 Å². The molecule has 4 rings (SSSR count). The van der Waals surface area contributed by atoms with Crippen molar-refractivity contribution in [3.63, 3.8) is 0 Å². The molecule has 3 nitrogen and oxygen atoms in total. The molecule has 2 heterocycles. The largest absolute Gasteiger partial charge is 0.356 e. The van der Waals surface area contributed by atoms with Crippen LogP contribution in [0.5, 0.6) is 0 Å². The first-order valence-electron chi connectivity index (χ1n) is 8.54. The Morgan fingerprint density at radius 2 is 1.71 bits per heavy atom. The molecule has 0 aromatic carbocycles. The van der Waals surface area contributed by atoms with E-state index < -0.39 is 0 Å². The summed E-state index contributed by atoms with van der Waals surface area (Å²) >= 11 is 3.57. The normalized spacial score (nSPS) is 25.3. The van der Waals surface area contributed by atoms with E-state index in [9.17, 15) is 0 Å². The minimum absolute atomic E-state index is 0.621. The molecule has 1 aromatic rings. The van der Waals surface area contributed by atoms with Gasteiger partial charge in [-0.05, 0) is 59.9 Å². The van der Waals surface area contributed by atoms with E-state index >= 15 is 0 Å². The van der Waals surface area contributed by atoms with Crippen LogP contribution in [-0.2, 0) is 0 Å². The fourth-order valence-electron chi connectivity index (χ4n) is 4.12. The maximum absolute atomic E-state index is 4.84. The van der Waals surface area contributed by atoms with Gasteiger partial charge in [0.05, 0.1) is 0 Å². The summed E-state index contributed by atoms with van der Waals surface area (Å²) in [6.45, 7) is 2.35. The van der Waals surface area contributed by atoms with E-state index in [0.717, 1.165) is 16.2 Å². The third-order valence-corrected chi connectivity index (χ3v) is 6.11. The number of nitrogens with zero attached hydrogens (tertiary/aromatic N) is 3. The molecule has 3 aliphatic rings. The molecule has 4 heteroatoms. The molecule has 1 spiro atoms. The number of anilines is 1. The maximum Gasteiger partial charge on any atom is 0.135 e. The molecule has 1 aliphatic heterocycles.